The molecule has 0 heterocycles. The number of halogens is 1. The summed E-state index contributed by atoms with van der Waals surface area (Å²) >= 11 is 4.18. The lowest BCUT2D eigenvalue weighted by Crippen LogP contribution is -2.41. The van der Waals surface area contributed by atoms with Gasteiger partial charge in [-0.25, -0.2) is 0 Å². The molecule has 0 radical (unpaired) electrons. The van der Waals surface area contributed by atoms with Crippen LogP contribution in [0.1, 0.15) is 160 Å². The average molecular weight is 674 g/mol. The predicted octanol–water partition coefficient (Wildman–Crippen LogP) is 11.8. The van der Waals surface area contributed by atoms with Gasteiger partial charge in [0.05, 0.1) is 0 Å². The molecule has 2 heteroatoms. The maximum Gasteiger partial charge on any atom is 0.148 e. The van der Waals surface area contributed by atoms with Gasteiger partial charge in [0.1, 0.15) is 5.78 Å². The molecule has 0 aliphatic heterocycles. The smallest absolute Gasteiger partial charge is 0.148 e. The van der Waals surface area contributed by atoms with Crippen LogP contribution in [0.5, 0.6) is 0 Å². The summed E-state index contributed by atoms with van der Waals surface area (Å²) in [7, 11) is 0. The fourth-order valence-electron chi connectivity index (χ4n) is 10.3. The minimum Gasteiger partial charge on any atom is -0.298 e. The first-order valence-electron chi connectivity index (χ1n) is 18.2. The van der Waals surface area contributed by atoms with Gasteiger partial charge in [-0.1, -0.05) is 142 Å². The average Bonchev–Trinajstić information content (AvgIpc) is 3.40. The Bertz CT molecular complexity index is 1290. The molecule has 0 aromatic heterocycles. The van der Waals surface area contributed by atoms with Crippen LogP contribution in [0, 0.1) is 35.5 Å². The van der Waals surface area contributed by atoms with Crippen LogP contribution in [0.2, 0.25) is 0 Å². The fraction of sp³-hybridized carbons (Fsp3) is 0.698. The second-order valence-corrected chi connectivity index (χ2v) is 21.0. The Hall–Kier alpha value is -1.41. The number of hydrogen-bond acceptors (Lipinski definition) is 1. The summed E-state index contributed by atoms with van der Waals surface area (Å²) < 4.78 is 0. The molecule has 0 bridgehead atoms. The number of alkyl halides is 1. The van der Waals surface area contributed by atoms with Gasteiger partial charge >= 0.3 is 0 Å². The molecular formula is C43H61BrO. The lowest BCUT2D eigenvalue weighted by molar-refractivity contribution is -0.121. The summed E-state index contributed by atoms with van der Waals surface area (Å²) in [6.45, 7) is 28.0. The van der Waals surface area contributed by atoms with E-state index < -0.39 is 0 Å². The van der Waals surface area contributed by atoms with Crippen molar-refractivity contribution in [2.75, 3.05) is 0 Å². The standard InChI is InChI=1S/C43H61BrO/c1-40(2,3)26-18-24(19-27(22-26)41(4,5)6)34-37-31-15-13-14-30-33(44)17-16-32(36(30)31)38(37)35(39(34)45)25-20-28(42(7,8)9)23-29(21-25)43(10,11)12/h18-23,30-38H,13-17H2,1-12H3. The second kappa shape index (κ2) is 11.1. The molecule has 4 aliphatic carbocycles. The normalized spacial score (nSPS) is 33.7. The Morgan fingerprint density at radius 3 is 1.22 bits per heavy atom. The van der Waals surface area contributed by atoms with Crippen molar-refractivity contribution in [1.82, 2.24) is 0 Å². The highest BCUT2D eigenvalue weighted by atomic mass is 79.9. The molecular weight excluding hydrogens is 612 g/mol. The van der Waals surface area contributed by atoms with E-state index in [1.165, 1.54) is 65.5 Å². The van der Waals surface area contributed by atoms with Crippen LogP contribution in [0.15, 0.2) is 36.4 Å². The number of carbonyl (C=O) groups excluding carboxylic acids is 1. The van der Waals surface area contributed by atoms with Crippen LogP contribution in [-0.2, 0) is 26.5 Å². The van der Waals surface area contributed by atoms with E-state index >= 15 is 4.79 Å². The van der Waals surface area contributed by atoms with Gasteiger partial charge in [-0.05, 0) is 116 Å². The van der Waals surface area contributed by atoms with Crippen LogP contribution >= 0.6 is 15.9 Å². The van der Waals surface area contributed by atoms with E-state index in [4.69, 9.17) is 0 Å². The van der Waals surface area contributed by atoms with Gasteiger partial charge in [0.25, 0.3) is 0 Å². The van der Waals surface area contributed by atoms with Crippen molar-refractivity contribution in [3.63, 3.8) is 0 Å². The van der Waals surface area contributed by atoms with Crippen LogP contribution in [0.3, 0.4) is 0 Å². The van der Waals surface area contributed by atoms with E-state index in [2.05, 4.69) is 135 Å². The van der Waals surface area contributed by atoms with E-state index in [1.54, 1.807) is 0 Å². The Morgan fingerprint density at radius 1 is 0.489 bits per heavy atom. The number of rotatable bonds is 2. The maximum atomic E-state index is 15.5. The molecule has 4 fully saturated rings. The van der Waals surface area contributed by atoms with Crippen LogP contribution in [0.4, 0.5) is 0 Å². The first-order valence-corrected chi connectivity index (χ1v) is 19.1. The molecule has 2 aromatic carbocycles. The lowest BCUT2D eigenvalue weighted by Gasteiger charge is -2.46. The van der Waals surface area contributed by atoms with Gasteiger partial charge in [-0.3, -0.25) is 4.79 Å². The summed E-state index contributed by atoms with van der Waals surface area (Å²) in [6.07, 6.45) is 6.51. The number of carbonyl (C=O) groups is 1. The van der Waals surface area contributed by atoms with Gasteiger partial charge in [0.2, 0.25) is 0 Å². The second-order valence-electron chi connectivity index (χ2n) is 19.8. The van der Waals surface area contributed by atoms with E-state index in [0.717, 1.165) is 11.8 Å². The van der Waals surface area contributed by atoms with Crippen LogP contribution in [0.25, 0.3) is 0 Å². The number of benzene rings is 2. The number of Topliss-reactive ketones (excluding diaryl/α,β-unsaturated/α-hetero) is 1. The Balaban J connectivity index is 1.59. The molecule has 1 nitrogen and oxygen atoms in total. The monoisotopic (exact) mass is 672 g/mol. The minimum absolute atomic E-state index is 0.0112. The minimum atomic E-state index is -0.0112. The largest absolute Gasteiger partial charge is 0.298 e. The molecule has 9 unspecified atom stereocenters. The van der Waals surface area contributed by atoms with E-state index in [-0.39, 0.29) is 33.5 Å². The van der Waals surface area contributed by atoms with E-state index in [0.29, 0.717) is 34.3 Å². The highest BCUT2D eigenvalue weighted by molar-refractivity contribution is 9.09. The summed E-state index contributed by atoms with van der Waals surface area (Å²) in [5.74, 6) is 4.21. The van der Waals surface area contributed by atoms with Crippen molar-refractivity contribution in [1.29, 1.82) is 0 Å². The van der Waals surface area contributed by atoms with Crippen molar-refractivity contribution < 1.29 is 4.79 Å². The number of fused-ring (bicyclic) bond motifs is 3. The van der Waals surface area contributed by atoms with Crippen molar-refractivity contribution in [3.8, 4) is 0 Å². The molecule has 6 rings (SSSR count). The Morgan fingerprint density at radius 2 is 0.844 bits per heavy atom. The summed E-state index contributed by atoms with van der Waals surface area (Å²) in [6, 6.07) is 14.7. The predicted molar refractivity (Wildman–Crippen MR) is 195 cm³/mol. The van der Waals surface area contributed by atoms with Crippen molar-refractivity contribution in [2.24, 2.45) is 35.5 Å². The van der Waals surface area contributed by atoms with Crippen molar-refractivity contribution in [3.05, 3.63) is 69.8 Å². The number of hydrogen-bond donors (Lipinski definition) is 0. The molecule has 2 aromatic rings. The molecule has 246 valence electrons. The van der Waals surface area contributed by atoms with Gasteiger partial charge in [-0.15, -0.1) is 0 Å². The zero-order valence-corrected chi connectivity index (χ0v) is 32.1. The number of ketones is 1. The van der Waals surface area contributed by atoms with E-state index in [9.17, 15) is 0 Å². The van der Waals surface area contributed by atoms with Crippen LogP contribution in [-0.4, -0.2) is 10.6 Å². The highest BCUT2D eigenvalue weighted by Crippen LogP contribution is 2.69. The molecule has 4 saturated carbocycles. The van der Waals surface area contributed by atoms with E-state index in [1.807, 2.05) is 0 Å². The summed E-state index contributed by atoms with van der Waals surface area (Å²) in [5.41, 5.74) is 8.25. The summed E-state index contributed by atoms with van der Waals surface area (Å²) in [4.78, 5) is 16.1. The fourth-order valence-corrected chi connectivity index (χ4v) is 11.1. The lowest BCUT2D eigenvalue weighted by atomic mass is 9.61. The third kappa shape index (κ3) is 5.84. The van der Waals surface area contributed by atoms with Gasteiger partial charge < -0.3 is 0 Å². The molecule has 9 atom stereocenters. The van der Waals surface area contributed by atoms with Gasteiger partial charge in [-0.2, -0.15) is 0 Å². The molecule has 45 heavy (non-hydrogen) atoms. The maximum absolute atomic E-state index is 15.5. The molecule has 0 amide bonds. The first-order chi connectivity index (χ1) is 20.7. The third-order valence-corrected chi connectivity index (χ3v) is 13.8. The first kappa shape index (κ1) is 33.5. The Labute approximate surface area is 284 Å². The highest BCUT2D eigenvalue weighted by Gasteiger charge is 2.66. The summed E-state index contributed by atoms with van der Waals surface area (Å²) in [5, 5.41) is 0. The molecule has 0 spiro atoms. The van der Waals surface area contributed by atoms with Crippen molar-refractivity contribution in [2.45, 2.75) is 154 Å². The molecule has 0 N–H and O–H groups in total. The van der Waals surface area contributed by atoms with Gasteiger partial charge in [0, 0.05) is 16.7 Å². The van der Waals surface area contributed by atoms with Crippen molar-refractivity contribution >= 4 is 21.7 Å². The molecule has 4 aliphatic rings. The van der Waals surface area contributed by atoms with Gasteiger partial charge in [0.15, 0.2) is 0 Å². The van der Waals surface area contributed by atoms with Crippen LogP contribution < -0.4 is 0 Å². The Kier molecular flexibility index (Phi) is 8.24. The third-order valence-electron chi connectivity index (χ3n) is 12.7. The topological polar surface area (TPSA) is 17.1 Å². The molecule has 0 saturated heterocycles. The zero-order valence-electron chi connectivity index (χ0n) is 30.5. The SMILES string of the molecule is CC(C)(C)c1cc(C2C(=O)C(c3cc(C(C)(C)C)cc(C(C)(C)C)c3)C3C4CCC(Br)C5CCCC(C54)C23)cc(C(C)(C)C)c1. The zero-order chi connectivity index (χ0) is 33.0. The quantitative estimate of drug-likeness (QED) is 0.290.